The standard InChI is InChI=1S/C31H33NO8S/c1-19-25(18-41-26-6-3-2-5-24(26)30(37)38)39-31(40-29(19)21-11-9-20(17-33)10-12-21)22-13-15-23(16-14-22)32-27(34)7-4-8-28(35)36/h2-3,5-6,9-16,19,25,29,31,33H,4,7-8,17-18H2,1H3,(H,32,34)(H,35,36)(H,37,38). The first-order valence-electron chi connectivity index (χ1n) is 13.3. The summed E-state index contributed by atoms with van der Waals surface area (Å²) in [6.45, 7) is 1.98. The van der Waals surface area contributed by atoms with Gasteiger partial charge in [-0.1, -0.05) is 55.5 Å². The number of amides is 1. The number of thioether (sulfide) groups is 1. The number of benzene rings is 3. The van der Waals surface area contributed by atoms with Crippen molar-refractivity contribution in [3.8, 4) is 0 Å². The lowest BCUT2D eigenvalue weighted by Crippen LogP contribution is -2.38. The highest BCUT2D eigenvalue weighted by Gasteiger charge is 2.38. The van der Waals surface area contributed by atoms with E-state index in [-0.39, 0.29) is 55.5 Å². The highest BCUT2D eigenvalue weighted by molar-refractivity contribution is 7.99. The van der Waals surface area contributed by atoms with Gasteiger partial charge in [-0.3, -0.25) is 9.59 Å². The van der Waals surface area contributed by atoms with Crippen LogP contribution >= 0.6 is 11.8 Å². The number of carbonyl (C=O) groups is 3. The van der Waals surface area contributed by atoms with Crippen LogP contribution in [0.4, 0.5) is 5.69 Å². The normalized spacial score (nSPS) is 20.3. The first-order valence-corrected chi connectivity index (χ1v) is 14.3. The predicted octanol–water partition coefficient (Wildman–Crippen LogP) is 5.65. The van der Waals surface area contributed by atoms with Gasteiger partial charge in [0.2, 0.25) is 5.91 Å². The Morgan fingerprint density at radius 1 is 0.878 bits per heavy atom. The summed E-state index contributed by atoms with van der Waals surface area (Å²) in [5.41, 5.74) is 3.30. The van der Waals surface area contributed by atoms with Gasteiger partial charge in [0, 0.05) is 40.7 Å². The molecule has 216 valence electrons. The first kappa shape index (κ1) is 30.3. The van der Waals surface area contributed by atoms with Crippen molar-refractivity contribution in [1.29, 1.82) is 0 Å². The van der Waals surface area contributed by atoms with Crippen LogP contribution in [0, 0.1) is 5.92 Å². The molecule has 3 aromatic carbocycles. The van der Waals surface area contributed by atoms with Gasteiger partial charge in [-0.15, -0.1) is 11.8 Å². The van der Waals surface area contributed by atoms with Gasteiger partial charge in [0.1, 0.15) is 0 Å². The number of carbonyl (C=O) groups excluding carboxylic acids is 1. The van der Waals surface area contributed by atoms with E-state index in [9.17, 15) is 24.6 Å². The van der Waals surface area contributed by atoms with Crippen molar-refractivity contribution >= 4 is 35.3 Å². The maximum absolute atomic E-state index is 12.2. The maximum Gasteiger partial charge on any atom is 0.336 e. The monoisotopic (exact) mass is 579 g/mol. The number of aliphatic hydroxyl groups is 1. The summed E-state index contributed by atoms with van der Waals surface area (Å²) in [6.07, 6.45) is -1.01. The molecular weight excluding hydrogens is 546 g/mol. The molecule has 9 nitrogen and oxygen atoms in total. The molecule has 1 fully saturated rings. The molecule has 0 bridgehead atoms. The number of hydrogen-bond acceptors (Lipinski definition) is 7. The topological polar surface area (TPSA) is 142 Å². The fourth-order valence-electron chi connectivity index (χ4n) is 4.60. The Hall–Kier alpha value is -3.70. The quantitative estimate of drug-likeness (QED) is 0.200. The van der Waals surface area contributed by atoms with Gasteiger partial charge in [-0.2, -0.15) is 0 Å². The van der Waals surface area contributed by atoms with E-state index >= 15 is 0 Å². The summed E-state index contributed by atoms with van der Waals surface area (Å²) in [7, 11) is 0. The largest absolute Gasteiger partial charge is 0.481 e. The van der Waals surface area contributed by atoms with Crippen LogP contribution in [0.1, 0.15) is 65.6 Å². The van der Waals surface area contributed by atoms with Crippen molar-refractivity contribution in [2.75, 3.05) is 11.1 Å². The van der Waals surface area contributed by atoms with Crippen molar-refractivity contribution in [3.05, 3.63) is 95.1 Å². The van der Waals surface area contributed by atoms with Crippen molar-refractivity contribution < 1.29 is 39.2 Å². The third-order valence-electron chi connectivity index (χ3n) is 6.91. The SMILES string of the molecule is CC1C(CSc2ccccc2C(=O)O)OC(c2ccc(NC(=O)CCCC(=O)O)cc2)OC1c1ccc(CO)cc1. The van der Waals surface area contributed by atoms with E-state index in [1.54, 1.807) is 30.3 Å². The van der Waals surface area contributed by atoms with Gasteiger partial charge in [-0.25, -0.2) is 4.79 Å². The summed E-state index contributed by atoms with van der Waals surface area (Å²) < 4.78 is 12.9. The number of aliphatic hydroxyl groups excluding tert-OH is 1. The van der Waals surface area contributed by atoms with Crippen LogP contribution in [0.25, 0.3) is 0 Å². The lowest BCUT2D eigenvalue weighted by atomic mass is 9.91. The highest BCUT2D eigenvalue weighted by Crippen LogP contribution is 2.43. The molecule has 4 unspecified atom stereocenters. The molecule has 10 heteroatoms. The van der Waals surface area contributed by atoms with Crippen molar-refractivity contribution in [3.63, 3.8) is 0 Å². The summed E-state index contributed by atoms with van der Waals surface area (Å²) in [5.74, 6) is -1.75. The Morgan fingerprint density at radius 2 is 1.56 bits per heavy atom. The number of carboxylic acids is 2. The van der Waals surface area contributed by atoms with Gasteiger partial charge in [-0.05, 0) is 41.8 Å². The molecular formula is C31H33NO8S. The smallest absolute Gasteiger partial charge is 0.336 e. The molecule has 1 amide bonds. The van der Waals surface area contributed by atoms with E-state index in [2.05, 4.69) is 5.32 Å². The minimum absolute atomic E-state index is 0.0577. The molecule has 4 atom stereocenters. The molecule has 1 aliphatic heterocycles. The van der Waals surface area contributed by atoms with Gasteiger partial charge < -0.3 is 30.1 Å². The highest BCUT2D eigenvalue weighted by atomic mass is 32.2. The second-order valence-electron chi connectivity index (χ2n) is 9.85. The molecule has 0 aliphatic carbocycles. The number of ether oxygens (including phenoxy) is 2. The Balaban J connectivity index is 1.51. The zero-order valence-corrected chi connectivity index (χ0v) is 23.4. The van der Waals surface area contributed by atoms with E-state index in [1.807, 2.05) is 49.4 Å². The Labute approximate surface area is 242 Å². The molecule has 0 radical (unpaired) electrons. The molecule has 1 saturated heterocycles. The number of hydrogen-bond donors (Lipinski definition) is 4. The van der Waals surface area contributed by atoms with Crippen molar-refractivity contribution in [2.24, 2.45) is 5.92 Å². The average molecular weight is 580 g/mol. The van der Waals surface area contributed by atoms with Crippen LogP contribution < -0.4 is 5.32 Å². The molecule has 0 aromatic heterocycles. The van der Waals surface area contributed by atoms with E-state index in [4.69, 9.17) is 14.6 Å². The molecule has 0 saturated carbocycles. The fraction of sp³-hybridized carbons (Fsp3) is 0.323. The number of nitrogens with one attached hydrogen (secondary N) is 1. The number of aromatic carboxylic acids is 1. The zero-order chi connectivity index (χ0) is 29.4. The van der Waals surface area contributed by atoms with Crippen LogP contribution in [-0.4, -0.2) is 45.0 Å². The van der Waals surface area contributed by atoms with Crippen LogP contribution in [0.15, 0.2) is 77.7 Å². The zero-order valence-electron chi connectivity index (χ0n) is 22.6. The van der Waals surface area contributed by atoms with Crippen LogP contribution in [0.3, 0.4) is 0 Å². The Morgan fingerprint density at radius 3 is 2.22 bits per heavy atom. The molecule has 3 aromatic rings. The fourth-order valence-corrected chi connectivity index (χ4v) is 5.81. The summed E-state index contributed by atoms with van der Waals surface area (Å²) in [4.78, 5) is 35.2. The number of rotatable bonds is 12. The first-order chi connectivity index (χ1) is 19.7. The second kappa shape index (κ2) is 14.3. The van der Waals surface area contributed by atoms with Gasteiger partial charge in [0.05, 0.1) is 24.4 Å². The minimum atomic E-state index is -0.983. The van der Waals surface area contributed by atoms with Gasteiger partial charge in [0.25, 0.3) is 0 Å². The lowest BCUT2D eigenvalue weighted by molar-refractivity contribution is -0.268. The van der Waals surface area contributed by atoms with Crippen molar-refractivity contribution in [2.45, 2.75) is 56.2 Å². The molecule has 1 heterocycles. The van der Waals surface area contributed by atoms with Gasteiger partial charge in [0.15, 0.2) is 6.29 Å². The molecule has 41 heavy (non-hydrogen) atoms. The number of carboxylic acid groups (broad SMARTS) is 2. The maximum atomic E-state index is 12.2. The van der Waals surface area contributed by atoms with E-state index in [0.717, 1.165) is 16.7 Å². The summed E-state index contributed by atoms with van der Waals surface area (Å²) in [5, 5.41) is 30.6. The van der Waals surface area contributed by atoms with E-state index in [1.165, 1.54) is 11.8 Å². The second-order valence-corrected chi connectivity index (χ2v) is 10.9. The van der Waals surface area contributed by atoms with E-state index < -0.39 is 18.2 Å². The van der Waals surface area contributed by atoms with Crippen LogP contribution in [0.5, 0.6) is 0 Å². The van der Waals surface area contributed by atoms with E-state index in [0.29, 0.717) is 16.3 Å². The Bertz CT molecular complexity index is 1340. The molecule has 4 rings (SSSR count). The number of anilines is 1. The third kappa shape index (κ3) is 8.17. The summed E-state index contributed by atoms with van der Waals surface area (Å²) >= 11 is 1.42. The van der Waals surface area contributed by atoms with Crippen LogP contribution in [0.2, 0.25) is 0 Å². The lowest BCUT2D eigenvalue weighted by Gasteiger charge is -2.41. The number of aliphatic carboxylic acids is 1. The van der Waals surface area contributed by atoms with Crippen molar-refractivity contribution in [1.82, 2.24) is 0 Å². The average Bonchev–Trinajstić information content (AvgIpc) is 2.97. The van der Waals surface area contributed by atoms with Gasteiger partial charge >= 0.3 is 11.9 Å². The molecule has 0 spiro atoms. The predicted molar refractivity (Wildman–Crippen MR) is 154 cm³/mol. The van der Waals surface area contributed by atoms with Crippen LogP contribution in [-0.2, 0) is 25.7 Å². The third-order valence-corrected chi connectivity index (χ3v) is 8.07. The molecule has 4 N–H and O–H groups in total. The Kier molecular flexibility index (Phi) is 10.5. The minimum Gasteiger partial charge on any atom is -0.481 e. The molecule has 1 aliphatic rings. The summed E-state index contributed by atoms with van der Waals surface area (Å²) in [6, 6.07) is 21.6.